The minimum Gasteiger partial charge on any atom is -0.444 e. The molecule has 0 aromatic heterocycles. The lowest BCUT2D eigenvalue weighted by Gasteiger charge is -2.36. The standard InChI is InChI=1S/C29H44N4O6S.C29H42N4O5S.C27H39N3O4/c1-18(2)40(37,38)32-14-12-21(13-15-32)20-8-6-19(7-9-20)16-24(26(30)34)31-27(35)25-22-10-11-23(17-22)33(25)28(36)39-29(3,4)5;1-19(2)39(36,37)32-14-12-22(13-15-32)21-8-6-20(7-9-21)16-24(18-30)31-27(34)26-23-10-11-25(17-23)33(26)28(35)38-29(3,4)5;1-27(2,3)34-26(33)30-21-14-13-20(16-21)23(30)25(32)29-22(24(28)31)15-17-9-11-19(12-10-17)18-7-5-4-6-8-18/h6-9,18,21-25H,10-17H2,1-5H3,(H2,30,34)(H,31,35);6-9,19,22-26H,10-17H2,1-5H3,(H,31,34);9-12,18,20-23H,4-8,13-16H2,1-3H3,(H2,28,31)(H,29,32)/t22-,23+,24-,25-;23-,24-,25+,26-;20-,21+,22-,23-/m000/s1. The number of likely N-dealkylation sites (tertiary alicyclic amines) is 3. The molecule has 0 unspecified atom stereocenters. The fraction of sp³-hybridized carbons (Fsp3) is 0.682. The van der Waals surface area contributed by atoms with Gasteiger partial charge in [-0.1, -0.05) is 92.1 Å². The molecule has 12 rings (SSSR count). The predicted octanol–water partition coefficient (Wildman–Crippen LogP) is 10.9. The van der Waals surface area contributed by atoms with E-state index < -0.39 is 114 Å². The first kappa shape index (κ1) is 87.5. The number of nitriles is 1. The summed E-state index contributed by atoms with van der Waals surface area (Å²) in [6.07, 6.45) is 16.5. The molecule has 4 saturated carbocycles. The van der Waals surface area contributed by atoms with Gasteiger partial charge < -0.3 is 41.6 Å². The minimum atomic E-state index is -3.24. The van der Waals surface area contributed by atoms with Gasteiger partial charge in [0.05, 0.1) is 16.6 Å². The molecule has 5 aliphatic heterocycles. The van der Waals surface area contributed by atoms with Crippen LogP contribution in [0.3, 0.4) is 0 Å². The number of carbonyl (C=O) groups excluding carboxylic acids is 8. The number of amides is 8. The number of hydrogen-bond acceptors (Lipinski definition) is 16. The lowest BCUT2D eigenvalue weighted by Crippen LogP contribution is -2.57. The molecule has 4 aliphatic carbocycles. The molecular weight excluding hydrogens is 1480 g/mol. The van der Waals surface area contributed by atoms with E-state index in [9.17, 15) is 60.5 Å². The number of nitrogens with zero attached hydrogens (tertiary/aromatic N) is 6. The molecule has 3 aromatic carbocycles. The van der Waals surface area contributed by atoms with Gasteiger partial charge in [0.25, 0.3) is 0 Å². The van der Waals surface area contributed by atoms with Gasteiger partial charge in [-0.2, -0.15) is 5.26 Å². The largest absolute Gasteiger partial charge is 0.444 e. The molecule has 9 aliphatic rings. The van der Waals surface area contributed by atoms with Gasteiger partial charge in [0, 0.05) is 63.6 Å². The van der Waals surface area contributed by atoms with Crippen LogP contribution in [0.4, 0.5) is 14.4 Å². The summed E-state index contributed by atoms with van der Waals surface area (Å²) in [5, 5.41) is 17.5. The minimum absolute atomic E-state index is 0.00558. The molecule has 6 bridgehead atoms. The molecule has 0 spiro atoms. The highest BCUT2D eigenvalue weighted by Gasteiger charge is 2.56. The smallest absolute Gasteiger partial charge is 0.411 e. The van der Waals surface area contributed by atoms with E-state index >= 15 is 0 Å². The third-order valence-corrected chi connectivity index (χ3v) is 28.8. The summed E-state index contributed by atoms with van der Waals surface area (Å²) in [6.45, 7) is 25.2. The van der Waals surface area contributed by atoms with Crippen molar-refractivity contribution < 1.29 is 69.4 Å². The van der Waals surface area contributed by atoms with Gasteiger partial charge in [-0.15, -0.1) is 0 Å². The van der Waals surface area contributed by atoms with Crippen LogP contribution in [0, 0.1) is 29.1 Å². The molecule has 28 heteroatoms. The fourth-order valence-electron chi connectivity index (χ4n) is 18.5. The van der Waals surface area contributed by atoms with Crippen LogP contribution >= 0.6 is 0 Å². The third-order valence-electron chi connectivity index (χ3n) is 24.3. The molecule has 5 heterocycles. The average molecular weight is 1610 g/mol. The lowest BCUT2D eigenvalue weighted by atomic mass is 9.84. The quantitative estimate of drug-likeness (QED) is 0.0619. The van der Waals surface area contributed by atoms with E-state index in [1.807, 2.05) is 102 Å². The van der Waals surface area contributed by atoms with Crippen LogP contribution in [0.1, 0.15) is 257 Å². The molecule has 622 valence electrons. The number of ether oxygens (including phenoxy) is 3. The second-order valence-electron chi connectivity index (χ2n) is 36.5. The van der Waals surface area contributed by atoms with Crippen LogP contribution in [0.5, 0.6) is 0 Å². The summed E-state index contributed by atoms with van der Waals surface area (Å²) in [6, 6.07) is 22.1. The Labute approximate surface area is 670 Å². The van der Waals surface area contributed by atoms with E-state index in [1.54, 1.807) is 71.8 Å². The Balaban J connectivity index is 0.000000180. The number of benzene rings is 3. The number of primary amides is 2. The average Bonchev–Trinajstić information content (AvgIpc) is 1.62. The van der Waals surface area contributed by atoms with Crippen LogP contribution in [0.2, 0.25) is 0 Å². The zero-order valence-electron chi connectivity index (χ0n) is 68.7. The van der Waals surface area contributed by atoms with Crippen molar-refractivity contribution in [2.45, 2.75) is 324 Å². The maximum Gasteiger partial charge on any atom is 0.411 e. The van der Waals surface area contributed by atoms with Gasteiger partial charge in [-0.05, 0) is 255 Å². The predicted molar refractivity (Wildman–Crippen MR) is 430 cm³/mol. The van der Waals surface area contributed by atoms with Crippen LogP contribution in [-0.4, -0.2) is 196 Å². The molecule has 113 heavy (non-hydrogen) atoms. The zero-order valence-corrected chi connectivity index (χ0v) is 70.3. The summed E-state index contributed by atoms with van der Waals surface area (Å²) in [4.78, 5) is 108. The highest BCUT2D eigenvalue weighted by Crippen LogP contribution is 2.47. The maximum absolute atomic E-state index is 13.4. The van der Waals surface area contributed by atoms with Crippen molar-refractivity contribution in [2.75, 3.05) is 26.2 Å². The van der Waals surface area contributed by atoms with Gasteiger partial charge >= 0.3 is 18.3 Å². The van der Waals surface area contributed by atoms with Crippen LogP contribution in [-0.2, 0) is 77.5 Å². The van der Waals surface area contributed by atoms with Crippen molar-refractivity contribution in [1.29, 1.82) is 5.26 Å². The summed E-state index contributed by atoms with van der Waals surface area (Å²) >= 11 is 0. The van der Waals surface area contributed by atoms with Crippen molar-refractivity contribution in [2.24, 2.45) is 29.2 Å². The molecule has 26 nitrogen and oxygen atoms in total. The van der Waals surface area contributed by atoms with Crippen molar-refractivity contribution in [3.05, 3.63) is 106 Å². The van der Waals surface area contributed by atoms with Crippen LogP contribution < -0.4 is 27.4 Å². The van der Waals surface area contributed by atoms with E-state index in [2.05, 4.69) is 34.2 Å². The second kappa shape index (κ2) is 36.5. The Morgan fingerprint density at radius 1 is 0.425 bits per heavy atom. The number of carbonyl (C=O) groups is 8. The first-order valence-electron chi connectivity index (χ1n) is 41.3. The Bertz CT molecular complexity index is 4130. The number of rotatable bonds is 21. The van der Waals surface area contributed by atoms with Crippen molar-refractivity contribution in [3.63, 3.8) is 0 Å². The molecule has 9 fully saturated rings. The zero-order chi connectivity index (χ0) is 82.4. The van der Waals surface area contributed by atoms with E-state index in [0.29, 0.717) is 50.9 Å². The molecule has 5 saturated heterocycles. The number of nitrogens with one attached hydrogen (secondary N) is 3. The van der Waals surface area contributed by atoms with Gasteiger partial charge in [0.1, 0.15) is 53.1 Å². The molecule has 8 amide bonds. The van der Waals surface area contributed by atoms with E-state index in [4.69, 9.17) is 25.7 Å². The number of piperidine rings is 5. The van der Waals surface area contributed by atoms with Gasteiger partial charge in [-0.25, -0.2) is 39.8 Å². The topological polar surface area (TPSA) is 361 Å². The Kier molecular flexibility index (Phi) is 28.3. The molecule has 3 aromatic rings. The third kappa shape index (κ3) is 22.0. The summed E-state index contributed by atoms with van der Waals surface area (Å²) < 4.78 is 69.8. The van der Waals surface area contributed by atoms with Gasteiger partial charge in [0.15, 0.2) is 0 Å². The first-order valence-corrected chi connectivity index (χ1v) is 44.3. The summed E-state index contributed by atoms with van der Waals surface area (Å²) in [5.41, 5.74) is 15.8. The molecule has 12 atom stereocenters. The SMILES string of the molecule is CC(C)(C)OC(=O)N1[C@@H]2CC[C@@H](C2)[C@H]1C(=O)N[C@@H](Cc1ccc(C2CCCCC2)cc1)C(N)=O.CC(C)S(=O)(=O)N1CCC(c2ccc(C[C@@H](C#N)NC(=O)[C@@H]3[C@H]4CC[C@H](C4)N3C(=O)OC(C)(C)C)cc2)CC1.CC(C)S(=O)(=O)N1CCC(c2ccc(C[C@H](NC(=O)[C@@H]3[C@H]4CC[C@H](C4)N3C(=O)OC(C)(C)C)C(N)=O)cc2)CC1. The van der Waals surface area contributed by atoms with Crippen LogP contribution in [0.25, 0.3) is 0 Å². The number of hydrogen-bond donors (Lipinski definition) is 5. The fourth-order valence-corrected chi connectivity index (χ4v) is 21.1. The molecule has 0 radical (unpaired) electrons. The lowest BCUT2D eigenvalue weighted by molar-refractivity contribution is -0.132. The van der Waals surface area contributed by atoms with Crippen molar-refractivity contribution in [3.8, 4) is 6.07 Å². The number of fused-ring (bicyclic) bond motifs is 6. The highest BCUT2D eigenvalue weighted by atomic mass is 32.2. The molecular formula is C85H125N11O15S2. The van der Waals surface area contributed by atoms with E-state index in [0.717, 1.165) is 111 Å². The Hall–Kier alpha value is -7.87. The monoisotopic (exact) mass is 1600 g/mol. The first-order chi connectivity index (χ1) is 53.1. The highest BCUT2D eigenvalue weighted by molar-refractivity contribution is 7.90. The van der Waals surface area contributed by atoms with Crippen LogP contribution in [0.15, 0.2) is 72.8 Å². The van der Waals surface area contributed by atoms with Crippen molar-refractivity contribution >= 4 is 67.9 Å². The summed E-state index contributed by atoms with van der Waals surface area (Å²) in [7, 11) is -6.47. The van der Waals surface area contributed by atoms with E-state index in [1.165, 1.54) is 37.7 Å². The second-order valence-corrected chi connectivity index (χ2v) is 41.5. The number of sulfonamides is 2. The van der Waals surface area contributed by atoms with Gasteiger partial charge in [-0.3, -0.25) is 38.7 Å². The van der Waals surface area contributed by atoms with Gasteiger partial charge in [0.2, 0.25) is 49.6 Å². The summed E-state index contributed by atoms with van der Waals surface area (Å²) in [5.74, 6) is -0.819. The Morgan fingerprint density at radius 3 is 0.982 bits per heavy atom. The molecule has 7 N–H and O–H groups in total. The normalized spacial score (nSPS) is 25.1. The number of nitrogens with two attached hydrogens (primary N) is 2. The van der Waals surface area contributed by atoms with E-state index in [-0.39, 0.29) is 65.9 Å². The Morgan fingerprint density at radius 2 is 0.708 bits per heavy atom. The maximum atomic E-state index is 13.4. The van der Waals surface area contributed by atoms with Crippen molar-refractivity contribution in [1.82, 2.24) is 39.3 Å².